The number of halogens is 1. The van der Waals surface area contributed by atoms with Gasteiger partial charge in [0.15, 0.2) is 6.61 Å². The number of nitrogens with zero attached hydrogens (tertiary/aromatic N) is 1. The summed E-state index contributed by atoms with van der Waals surface area (Å²) in [7, 11) is 0. The van der Waals surface area contributed by atoms with Crippen molar-refractivity contribution < 1.29 is 23.6 Å². The number of nitro benzene ring substituents is 1. The van der Waals surface area contributed by atoms with Crippen LogP contribution in [-0.2, 0) is 9.53 Å². The number of nitrogens with one attached hydrogen (secondary N) is 1. The highest BCUT2D eigenvalue weighted by Crippen LogP contribution is 2.22. The number of anilines is 1. The molecular weight excluding hydrogens is 379 g/mol. The first-order chi connectivity index (χ1) is 13.9. The summed E-state index contributed by atoms with van der Waals surface area (Å²) < 4.78 is 18.3. The van der Waals surface area contributed by atoms with E-state index in [0.717, 1.165) is 23.3 Å². The van der Waals surface area contributed by atoms with Gasteiger partial charge in [-0.25, -0.2) is 4.79 Å². The summed E-state index contributed by atoms with van der Waals surface area (Å²) in [4.78, 5) is 33.8. The fourth-order valence-electron chi connectivity index (χ4n) is 2.57. The topological polar surface area (TPSA) is 98.5 Å². The van der Waals surface area contributed by atoms with Crippen LogP contribution in [-0.4, -0.2) is 23.4 Å². The zero-order chi connectivity index (χ0) is 20.8. The molecule has 0 radical (unpaired) electrons. The van der Waals surface area contributed by atoms with E-state index in [-0.39, 0.29) is 11.3 Å². The fourth-order valence-corrected chi connectivity index (χ4v) is 2.57. The molecule has 7 nitrogen and oxygen atoms in total. The summed E-state index contributed by atoms with van der Waals surface area (Å²) in [5.41, 5.74) is 1.46. The van der Waals surface area contributed by atoms with Crippen LogP contribution in [0.25, 0.3) is 11.1 Å². The van der Waals surface area contributed by atoms with Crippen LogP contribution in [0.4, 0.5) is 15.8 Å². The monoisotopic (exact) mass is 394 g/mol. The Morgan fingerprint density at radius 2 is 1.62 bits per heavy atom. The number of esters is 1. The number of amides is 1. The molecule has 0 spiro atoms. The highest BCUT2D eigenvalue weighted by molar-refractivity contribution is 5.95. The molecule has 1 N–H and O–H groups in total. The average Bonchev–Trinajstić information content (AvgIpc) is 2.74. The van der Waals surface area contributed by atoms with Gasteiger partial charge in [0.1, 0.15) is 0 Å². The zero-order valence-corrected chi connectivity index (χ0v) is 15.0. The van der Waals surface area contributed by atoms with E-state index in [1.807, 2.05) is 30.3 Å². The minimum Gasteiger partial charge on any atom is -0.452 e. The zero-order valence-electron chi connectivity index (χ0n) is 15.0. The molecule has 0 aliphatic heterocycles. The van der Waals surface area contributed by atoms with Crippen LogP contribution in [0.3, 0.4) is 0 Å². The quantitative estimate of drug-likeness (QED) is 0.384. The number of benzene rings is 3. The van der Waals surface area contributed by atoms with E-state index in [1.165, 1.54) is 6.07 Å². The molecule has 0 aliphatic rings. The molecule has 29 heavy (non-hydrogen) atoms. The molecular formula is C21H15FN2O5. The SMILES string of the molecule is O=C(COC(=O)c1ccc(-c2ccccc2)cc1)Nc1ccc(F)c([N+](=O)[O-])c1. The number of hydrogen-bond acceptors (Lipinski definition) is 5. The maximum atomic E-state index is 13.3. The Morgan fingerprint density at radius 1 is 0.966 bits per heavy atom. The first kappa shape index (κ1) is 19.7. The number of nitro groups is 1. The van der Waals surface area contributed by atoms with Crippen molar-refractivity contribution in [3.8, 4) is 11.1 Å². The van der Waals surface area contributed by atoms with Gasteiger partial charge in [-0.15, -0.1) is 0 Å². The molecule has 0 heterocycles. The van der Waals surface area contributed by atoms with Crippen LogP contribution in [0.15, 0.2) is 72.8 Å². The van der Waals surface area contributed by atoms with Crippen molar-refractivity contribution in [1.29, 1.82) is 0 Å². The first-order valence-corrected chi connectivity index (χ1v) is 8.50. The van der Waals surface area contributed by atoms with E-state index in [1.54, 1.807) is 24.3 Å². The second kappa shape index (κ2) is 8.75. The second-order valence-electron chi connectivity index (χ2n) is 5.99. The van der Waals surface area contributed by atoms with Gasteiger partial charge in [-0.05, 0) is 35.4 Å². The Kier molecular flexibility index (Phi) is 5.94. The predicted molar refractivity (Wildman–Crippen MR) is 104 cm³/mol. The number of hydrogen-bond donors (Lipinski definition) is 1. The first-order valence-electron chi connectivity index (χ1n) is 8.50. The molecule has 0 saturated carbocycles. The Morgan fingerprint density at radius 3 is 2.28 bits per heavy atom. The van der Waals surface area contributed by atoms with Crippen molar-refractivity contribution in [3.05, 3.63) is 94.3 Å². The Hall–Kier alpha value is -4.07. The molecule has 146 valence electrons. The van der Waals surface area contributed by atoms with E-state index in [0.29, 0.717) is 0 Å². The van der Waals surface area contributed by atoms with Gasteiger partial charge in [-0.2, -0.15) is 4.39 Å². The third kappa shape index (κ3) is 5.01. The second-order valence-corrected chi connectivity index (χ2v) is 5.99. The molecule has 8 heteroatoms. The van der Waals surface area contributed by atoms with Crippen molar-refractivity contribution in [2.45, 2.75) is 0 Å². The van der Waals surface area contributed by atoms with Gasteiger partial charge >= 0.3 is 11.7 Å². The van der Waals surface area contributed by atoms with Crippen LogP contribution >= 0.6 is 0 Å². The molecule has 3 aromatic rings. The summed E-state index contributed by atoms with van der Waals surface area (Å²) in [5.74, 6) is -2.41. The van der Waals surface area contributed by atoms with Crippen LogP contribution in [0.1, 0.15) is 10.4 Å². The van der Waals surface area contributed by atoms with Crippen LogP contribution in [0.2, 0.25) is 0 Å². The molecule has 3 aromatic carbocycles. The van der Waals surface area contributed by atoms with E-state index in [2.05, 4.69) is 5.32 Å². The summed E-state index contributed by atoms with van der Waals surface area (Å²) in [6.07, 6.45) is 0. The van der Waals surface area contributed by atoms with Crippen LogP contribution in [0, 0.1) is 15.9 Å². The highest BCUT2D eigenvalue weighted by atomic mass is 19.1. The Bertz CT molecular complexity index is 1050. The van der Waals surface area contributed by atoms with E-state index < -0.39 is 34.9 Å². The average molecular weight is 394 g/mol. The summed E-state index contributed by atoms with van der Waals surface area (Å²) in [5, 5.41) is 13.0. The fraction of sp³-hybridized carbons (Fsp3) is 0.0476. The van der Waals surface area contributed by atoms with Crippen LogP contribution < -0.4 is 5.32 Å². The normalized spacial score (nSPS) is 10.2. The third-order valence-corrected chi connectivity index (χ3v) is 3.99. The summed E-state index contributed by atoms with van der Waals surface area (Å²) >= 11 is 0. The van der Waals surface area contributed by atoms with Crippen molar-refractivity contribution in [2.24, 2.45) is 0 Å². The van der Waals surface area contributed by atoms with Gasteiger partial charge in [-0.1, -0.05) is 42.5 Å². The maximum absolute atomic E-state index is 13.3. The minimum atomic E-state index is -1.02. The lowest BCUT2D eigenvalue weighted by atomic mass is 10.0. The van der Waals surface area contributed by atoms with Crippen molar-refractivity contribution in [3.63, 3.8) is 0 Å². The molecule has 0 atom stereocenters. The van der Waals surface area contributed by atoms with E-state index in [9.17, 15) is 24.1 Å². The summed E-state index contributed by atoms with van der Waals surface area (Å²) in [6, 6.07) is 19.2. The molecule has 1 amide bonds. The van der Waals surface area contributed by atoms with Gasteiger partial charge in [0.2, 0.25) is 5.82 Å². The number of carbonyl (C=O) groups excluding carboxylic acids is 2. The smallest absolute Gasteiger partial charge is 0.338 e. The van der Waals surface area contributed by atoms with Gasteiger partial charge in [0.25, 0.3) is 5.91 Å². The Labute approximate surface area is 164 Å². The van der Waals surface area contributed by atoms with Crippen molar-refractivity contribution in [1.82, 2.24) is 0 Å². The lowest BCUT2D eigenvalue weighted by Gasteiger charge is -2.07. The number of rotatable bonds is 6. The van der Waals surface area contributed by atoms with Crippen molar-refractivity contribution in [2.75, 3.05) is 11.9 Å². The molecule has 0 bridgehead atoms. The lowest BCUT2D eigenvalue weighted by Crippen LogP contribution is -2.21. The number of ether oxygens (including phenoxy) is 1. The third-order valence-electron chi connectivity index (χ3n) is 3.99. The molecule has 0 fully saturated rings. The molecule has 0 saturated heterocycles. The standard InChI is InChI=1S/C21H15FN2O5/c22-18-11-10-17(12-19(18)24(27)28)23-20(25)13-29-21(26)16-8-6-15(7-9-16)14-4-2-1-3-5-14/h1-12H,13H2,(H,23,25). The molecule has 0 unspecified atom stereocenters. The van der Waals surface area contributed by atoms with Crippen LogP contribution in [0.5, 0.6) is 0 Å². The molecule has 0 aromatic heterocycles. The van der Waals surface area contributed by atoms with Gasteiger partial charge in [0, 0.05) is 11.8 Å². The van der Waals surface area contributed by atoms with E-state index >= 15 is 0 Å². The molecule has 0 aliphatic carbocycles. The van der Waals surface area contributed by atoms with Gasteiger partial charge < -0.3 is 10.1 Å². The van der Waals surface area contributed by atoms with Gasteiger partial charge in [-0.3, -0.25) is 14.9 Å². The highest BCUT2D eigenvalue weighted by Gasteiger charge is 2.16. The number of carbonyl (C=O) groups is 2. The van der Waals surface area contributed by atoms with Crippen molar-refractivity contribution >= 4 is 23.3 Å². The van der Waals surface area contributed by atoms with Gasteiger partial charge in [0.05, 0.1) is 10.5 Å². The summed E-state index contributed by atoms with van der Waals surface area (Å²) in [6.45, 7) is -0.593. The minimum absolute atomic E-state index is 0.0198. The lowest BCUT2D eigenvalue weighted by molar-refractivity contribution is -0.387. The Balaban J connectivity index is 1.57. The molecule has 3 rings (SSSR count). The predicted octanol–water partition coefficient (Wildman–Crippen LogP) is 4.20. The largest absolute Gasteiger partial charge is 0.452 e. The van der Waals surface area contributed by atoms with E-state index in [4.69, 9.17) is 4.74 Å². The maximum Gasteiger partial charge on any atom is 0.338 e.